The van der Waals surface area contributed by atoms with Gasteiger partial charge in [0.15, 0.2) is 0 Å². The molecular weight excluding hydrogens is 329 g/mol. The molecule has 2 aliphatic heterocycles. The van der Waals surface area contributed by atoms with Crippen molar-refractivity contribution < 1.29 is 4.39 Å². The van der Waals surface area contributed by atoms with E-state index in [1.807, 2.05) is 6.07 Å². The van der Waals surface area contributed by atoms with Crippen molar-refractivity contribution in [2.75, 3.05) is 36.0 Å². The normalized spacial score (nSPS) is 23.5. The highest BCUT2D eigenvalue weighted by molar-refractivity contribution is 5.65. The highest BCUT2D eigenvalue weighted by Crippen LogP contribution is 2.29. The largest absolute Gasteiger partial charge is 0.351 e. The van der Waals surface area contributed by atoms with Crippen molar-refractivity contribution in [2.24, 2.45) is 0 Å². The van der Waals surface area contributed by atoms with Gasteiger partial charge in [0.25, 0.3) is 0 Å². The highest BCUT2D eigenvalue weighted by Gasteiger charge is 2.26. The average molecular weight is 355 g/mol. The van der Waals surface area contributed by atoms with Crippen LogP contribution < -0.4 is 15.1 Å². The van der Waals surface area contributed by atoms with Gasteiger partial charge in [0.2, 0.25) is 5.95 Å². The maximum atomic E-state index is 13.3. The zero-order valence-electron chi connectivity index (χ0n) is 15.5. The molecule has 1 aromatic carbocycles. The first-order valence-corrected chi connectivity index (χ1v) is 9.51. The van der Waals surface area contributed by atoms with Crippen molar-refractivity contribution in [3.8, 4) is 11.3 Å². The van der Waals surface area contributed by atoms with Crippen LogP contribution in [0, 0.1) is 5.82 Å². The molecule has 0 bridgehead atoms. The second kappa shape index (κ2) is 7.19. The summed E-state index contributed by atoms with van der Waals surface area (Å²) in [4.78, 5) is 14.4. The summed E-state index contributed by atoms with van der Waals surface area (Å²) in [5.41, 5.74) is 1.78. The van der Waals surface area contributed by atoms with Crippen molar-refractivity contribution in [2.45, 2.75) is 38.8 Å². The lowest BCUT2D eigenvalue weighted by atomic mass is 10.1. The Morgan fingerprint density at radius 3 is 2.54 bits per heavy atom. The molecule has 5 nitrogen and oxygen atoms in total. The molecule has 2 aliphatic rings. The summed E-state index contributed by atoms with van der Waals surface area (Å²) in [6.07, 6.45) is 2.34. The van der Waals surface area contributed by atoms with Gasteiger partial charge in [0.05, 0.1) is 5.69 Å². The van der Waals surface area contributed by atoms with Crippen LogP contribution in [0.25, 0.3) is 11.3 Å². The number of halogens is 1. The van der Waals surface area contributed by atoms with Crippen LogP contribution in [0.3, 0.4) is 0 Å². The standard InChI is InChI=1S/C20H26FN5/c1-14-4-3-10-26(14)20-23-18(16-5-7-17(21)8-6-16)12-19(24-20)25-11-9-22-13-15(25)2/h5-8,12,14-15,22H,3-4,9-11,13H2,1-2H3. The Hall–Kier alpha value is -2.21. The minimum absolute atomic E-state index is 0.229. The lowest BCUT2D eigenvalue weighted by molar-refractivity contribution is 0.497. The third-order valence-corrected chi connectivity index (χ3v) is 5.45. The molecule has 2 unspecified atom stereocenters. The van der Waals surface area contributed by atoms with E-state index in [0.29, 0.717) is 12.1 Å². The molecule has 2 fully saturated rings. The molecule has 0 radical (unpaired) electrons. The maximum absolute atomic E-state index is 13.3. The van der Waals surface area contributed by atoms with E-state index >= 15 is 0 Å². The van der Waals surface area contributed by atoms with E-state index < -0.39 is 0 Å². The predicted octanol–water partition coefficient (Wildman–Crippen LogP) is 3.07. The van der Waals surface area contributed by atoms with Crippen LogP contribution in [0.1, 0.15) is 26.7 Å². The molecule has 0 aliphatic carbocycles. The Kier molecular flexibility index (Phi) is 4.76. The fourth-order valence-corrected chi connectivity index (χ4v) is 3.88. The number of benzene rings is 1. The molecule has 4 rings (SSSR count). The highest BCUT2D eigenvalue weighted by atomic mass is 19.1. The third-order valence-electron chi connectivity index (χ3n) is 5.45. The number of piperazine rings is 1. The fraction of sp³-hybridized carbons (Fsp3) is 0.500. The summed E-state index contributed by atoms with van der Waals surface area (Å²) in [7, 11) is 0. The molecule has 138 valence electrons. The smallest absolute Gasteiger partial charge is 0.228 e. The Morgan fingerprint density at radius 2 is 1.85 bits per heavy atom. The van der Waals surface area contributed by atoms with E-state index in [1.165, 1.54) is 25.0 Å². The van der Waals surface area contributed by atoms with E-state index in [1.54, 1.807) is 12.1 Å². The number of hydrogen-bond acceptors (Lipinski definition) is 5. The van der Waals surface area contributed by atoms with Crippen LogP contribution in [0.5, 0.6) is 0 Å². The van der Waals surface area contributed by atoms with E-state index in [2.05, 4.69) is 29.0 Å². The minimum atomic E-state index is -0.229. The Labute approximate surface area is 154 Å². The van der Waals surface area contributed by atoms with Gasteiger partial charge in [-0.2, -0.15) is 4.98 Å². The molecule has 1 N–H and O–H groups in total. The van der Waals surface area contributed by atoms with Crippen molar-refractivity contribution >= 4 is 11.8 Å². The molecule has 0 spiro atoms. The van der Waals surface area contributed by atoms with E-state index in [4.69, 9.17) is 9.97 Å². The zero-order chi connectivity index (χ0) is 18.1. The van der Waals surface area contributed by atoms with Crippen molar-refractivity contribution in [3.63, 3.8) is 0 Å². The molecule has 2 saturated heterocycles. The molecule has 0 saturated carbocycles. The molecule has 2 aromatic rings. The molecule has 6 heteroatoms. The summed E-state index contributed by atoms with van der Waals surface area (Å²) in [6.45, 7) is 8.26. The van der Waals surface area contributed by atoms with Gasteiger partial charge in [0, 0.05) is 49.9 Å². The van der Waals surface area contributed by atoms with Gasteiger partial charge in [-0.1, -0.05) is 0 Å². The van der Waals surface area contributed by atoms with Crippen LogP contribution in [0.4, 0.5) is 16.2 Å². The second-order valence-corrected chi connectivity index (χ2v) is 7.35. The fourth-order valence-electron chi connectivity index (χ4n) is 3.88. The number of anilines is 2. The van der Waals surface area contributed by atoms with Crippen LogP contribution in [0.2, 0.25) is 0 Å². The Balaban J connectivity index is 1.77. The first kappa shape index (κ1) is 17.2. The number of nitrogens with one attached hydrogen (secondary N) is 1. The quantitative estimate of drug-likeness (QED) is 0.917. The van der Waals surface area contributed by atoms with Gasteiger partial charge < -0.3 is 15.1 Å². The molecular formula is C20H26FN5. The van der Waals surface area contributed by atoms with Gasteiger partial charge in [-0.15, -0.1) is 0 Å². The molecule has 2 atom stereocenters. The van der Waals surface area contributed by atoms with Crippen LogP contribution >= 0.6 is 0 Å². The van der Waals surface area contributed by atoms with E-state index in [9.17, 15) is 4.39 Å². The Morgan fingerprint density at radius 1 is 1.04 bits per heavy atom. The van der Waals surface area contributed by atoms with E-state index in [0.717, 1.165) is 49.2 Å². The lowest BCUT2D eigenvalue weighted by Gasteiger charge is -2.35. The summed E-state index contributed by atoms with van der Waals surface area (Å²) < 4.78 is 13.3. The third kappa shape index (κ3) is 3.38. The first-order chi connectivity index (χ1) is 12.6. The Bertz CT molecular complexity index is 763. The first-order valence-electron chi connectivity index (χ1n) is 9.51. The number of nitrogens with zero attached hydrogens (tertiary/aromatic N) is 4. The summed E-state index contributed by atoms with van der Waals surface area (Å²) in [5.74, 6) is 1.52. The van der Waals surface area contributed by atoms with Gasteiger partial charge in [-0.25, -0.2) is 9.37 Å². The van der Waals surface area contributed by atoms with E-state index in [-0.39, 0.29) is 5.82 Å². The second-order valence-electron chi connectivity index (χ2n) is 7.35. The van der Waals surface area contributed by atoms with Gasteiger partial charge >= 0.3 is 0 Å². The van der Waals surface area contributed by atoms with Crippen LogP contribution in [-0.2, 0) is 0 Å². The molecule has 0 amide bonds. The van der Waals surface area contributed by atoms with Crippen LogP contribution in [0.15, 0.2) is 30.3 Å². The SMILES string of the molecule is CC1CNCCN1c1cc(-c2ccc(F)cc2)nc(N2CCCC2C)n1. The number of hydrogen-bond donors (Lipinski definition) is 1. The summed E-state index contributed by atoms with van der Waals surface area (Å²) in [5, 5.41) is 3.43. The monoisotopic (exact) mass is 355 g/mol. The van der Waals surface area contributed by atoms with Gasteiger partial charge in [0.1, 0.15) is 11.6 Å². The van der Waals surface area contributed by atoms with Gasteiger partial charge in [-0.05, 0) is 51.0 Å². The van der Waals surface area contributed by atoms with Crippen molar-refractivity contribution in [1.29, 1.82) is 0 Å². The van der Waals surface area contributed by atoms with Crippen molar-refractivity contribution in [1.82, 2.24) is 15.3 Å². The summed E-state index contributed by atoms with van der Waals surface area (Å²) in [6, 6.07) is 9.43. The molecule has 26 heavy (non-hydrogen) atoms. The minimum Gasteiger partial charge on any atom is -0.351 e. The number of aromatic nitrogens is 2. The molecule has 1 aromatic heterocycles. The topological polar surface area (TPSA) is 44.3 Å². The van der Waals surface area contributed by atoms with Crippen molar-refractivity contribution in [3.05, 3.63) is 36.1 Å². The zero-order valence-corrected chi connectivity index (χ0v) is 15.5. The molecule has 3 heterocycles. The lowest BCUT2D eigenvalue weighted by Crippen LogP contribution is -2.50. The average Bonchev–Trinajstić information content (AvgIpc) is 3.08. The summed E-state index contributed by atoms with van der Waals surface area (Å²) >= 11 is 0. The van der Waals surface area contributed by atoms with Crippen LogP contribution in [-0.4, -0.2) is 48.2 Å². The van der Waals surface area contributed by atoms with Gasteiger partial charge in [-0.3, -0.25) is 0 Å². The number of rotatable bonds is 3. The maximum Gasteiger partial charge on any atom is 0.228 e. The predicted molar refractivity (Wildman–Crippen MR) is 103 cm³/mol.